The van der Waals surface area contributed by atoms with E-state index in [1.54, 1.807) is 26.8 Å². The molecule has 2 atom stereocenters. The van der Waals surface area contributed by atoms with E-state index in [2.05, 4.69) is 0 Å². The van der Waals surface area contributed by atoms with E-state index < -0.39 is 39.7 Å². The van der Waals surface area contributed by atoms with Crippen molar-refractivity contribution in [2.24, 2.45) is 5.92 Å². The highest BCUT2D eigenvalue weighted by Crippen LogP contribution is 2.32. The predicted molar refractivity (Wildman–Crippen MR) is 102 cm³/mol. The average molecular weight is 438 g/mol. The molecule has 0 N–H and O–H groups in total. The lowest BCUT2D eigenvalue weighted by atomic mass is 9.96. The van der Waals surface area contributed by atoms with Crippen LogP contribution in [0.1, 0.15) is 32.4 Å². The summed E-state index contributed by atoms with van der Waals surface area (Å²) in [5.41, 5.74) is -0.197. The Morgan fingerprint density at radius 1 is 1.39 bits per heavy atom. The van der Waals surface area contributed by atoms with Crippen molar-refractivity contribution in [3.63, 3.8) is 0 Å². The van der Waals surface area contributed by atoms with E-state index in [0.29, 0.717) is 5.56 Å². The molecule has 158 valence electrons. The maximum Gasteiger partial charge on any atom is 0.410 e. The quantitative estimate of drug-likeness (QED) is 0.671. The van der Waals surface area contributed by atoms with Gasteiger partial charge in [-0.2, -0.15) is 8.42 Å². The van der Waals surface area contributed by atoms with Crippen molar-refractivity contribution in [2.75, 3.05) is 32.6 Å². The van der Waals surface area contributed by atoms with Crippen molar-refractivity contribution in [1.29, 1.82) is 0 Å². The van der Waals surface area contributed by atoms with Crippen LogP contribution >= 0.6 is 11.6 Å². The number of amides is 1. The zero-order chi connectivity index (χ0) is 21.1. The van der Waals surface area contributed by atoms with Crippen LogP contribution in [0.25, 0.3) is 0 Å². The summed E-state index contributed by atoms with van der Waals surface area (Å²) in [5, 5.41) is -0.0308. The second-order valence-corrected chi connectivity index (χ2v) is 9.69. The molecule has 7 nitrogen and oxygen atoms in total. The van der Waals surface area contributed by atoms with Gasteiger partial charge in [0.2, 0.25) is 0 Å². The summed E-state index contributed by atoms with van der Waals surface area (Å²) in [7, 11) is -3.71. The second kappa shape index (κ2) is 8.94. The number of rotatable bonds is 4. The Bertz CT molecular complexity index is 811. The zero-order valence-electron chi connectivity index (χ0n) is 16.3. The molecule has 0 aliphatic carbocycles. The van der Waals surface area contributed by atoms with Gasteiger partial charge < -0.3 is 14.4 Å². The maximum atomic E-state index is 13.9. The number of ether oxygens (including phenoxy) is 2. The molecule has 1 fully saturated rings. The van der Waals surface area contributed by atoms with Gasteiger partial charge in [0, 0.05) is 19.0 Å². The topological polar surface area (TPSA) is 82.1 Å². The van der Waals surface area contributed by atoms with Gasteiger partial charge in [0.05, 0.1) is 30.6 Å². The van der Waals surface area contributed by atoms with E-state index >= 15 is 0 Å². The lowest BCUT2D eigenvalue weighted by molar-refractivity contribution is 0.0158. The maximum absolute atomic E-state index is 13.9. The largest absolute Gasteiger partial charge is 0.444 e. The molecule has 1 aliphatic rings. The van der Waals surface area contributed by atoms with Crippen molar-refractivity contribution >= 4 is 27.8 Å². The molecule has 10 heteroatoms. The fourth-order valence-corrected chi connectivity index (χ4v) is 3.34. The molecule has 0 bridgehead atoms. The van der Waals surface area contributed by atoms with Crippen LogP contribution < -0.4 is 0 Å². The molecule has 2 rings (SSSR count). The fourth-order valence-electron chi connectivity index (χ4n) is 2.80. The Labute approximate surface area is 169 Å². The molecule has 1 aliphatic heterocycles. The first-order chi connectivity index (χ1) is 12.9. The van der Waals surface area contributed by atoms with Gasteiger partial charge in [-0.05, 0) is 38.5 Å². The van der Waals surface area contributed by atoms with Crippen LogP contribution in [0.5, 0.6) is 0 Å². The highest BCUT2D eigenvalue weighted by molar-refractivity contribution is 7.85. The number of benzene rings is 1. The van der Waals surface area contributed by atoms with E-state index in [0.717, 1.165) is 6.26 Å². The minimum Gasteiger partial charge on any atom is -0.444 e. The molecule has 28 heavy (non-hydrogen) atoms. The van der Waals surface area contributed by atoms with Crippen LogP contribution in [-0.4, -0.2) is 57.6 Å². The number of hydrogen-bond acceptors (Lipinski definition) is 6. The Morgan fingerprint density at radius 2 is 2.07 bits per heavy atom. The Kier molecular flexibility index (Phi) is 7.30. The van der Waals surface area contributed by atoms with Gasteiger partial charge in [-0.25, -0.2) is 9.18 Å². The first-order valence-electron chi connectivity index (χ1n) is 8.74. The number of hydrogen-bond donors (Lipinski definition) is 0. The summed E-state index contributed by atoms with van der Waals surface area (Å²) in [5.74, 6) is -1.18. The van der Waals surface area contributed by atoms with E-state index in [1.165, 1.54) is 17.0 Å². The molecular weight excluding hydrogens is 413 g/mol. The smallest absolute Gasteiger partial charge is 0.410 e. The Hall–Kier alpha value is -1.42. The molecule has 1 saturated heterocycles. The molecule has 1 aromatic rings. The van der Waals surface area contributed by atoms with Gasteiger partial charge in [0.1, 0.15) is 11.4 Å². The lowest BCUT2D eigenvalue weighted by Crippen LogP contribution is -2.41. The van der Waals surface area contributed by atoms with Crippen LogP contribution in [0, 0.1) is 11.7 Å². The van der Waals surface area contributed by atoms with E-state index in [4.69, 9.17) is 25.3 Å². The normalized spacial score (nSPS) is 21.3. The summed E-state index contributed by atoms with van der Waals surface area (Å²) < 4.78 is 53.0. The first kappa shape index (κ1) is 22.9. The summed E-state index contributed by atoms with van der Waals surface area (Å²) in [4.78, 5) is 13.9. The third-order valence-electron chi connectivity index (χ3n) is 3.96. The summed E-state index contributed by atoms with van der Waals surface area (Å²) in [6.07, 6.45) is -0.281. The third-order valence-corrected chi connectivity index (χ3v) is 4.83. The van der Waals surface area contributed by atoms with E-state index in [1.807, 2.05) is 0 Å². The number of nitrogens with zero attached hydrogens (tertiary/aromatic N) is 1. The molecule has 1 aromatic carbocycles. The van der Waals surface area contributed by atoms with Crippen molar-refractivity contribution < 1.29 is 31.3 Å². The zero-order valence-corrected chi connectivity index (χ0v) is 17.8. The van der Waals surface area contributed by atoms with Crippen molar-refractivity contribution in [2.45, 2.75) is 32.5 Å². The van der Waals surface area contributed by atoms with Gasteiger partial charge in [0.15, 0.2) is 0 Å². The van der Waals surface area contributed by atoms with Crippen LogP contribution in [0.2, 0.25) is 5.02 Å². The summed E-state index contributed by atoms with van der Waals surface area (Å²) in [6.45, 7) is 5.57. The average Bonchev–Trinajstić information content (AvgIpc) is 2.76. The van der Waals surface area contributed by atoms with Gasteiger partial charge in [-0.15, -0.1) is 0 Å². The molecule has 0 saturated carbocycles. The standard InChI is InChI=1S/C18H25ClFNO6S/c1-18(2,3)27-17(22)21-7-8-25-16(12-5-6-14(19)15(20)9-12)13(10-21)11-26-28(4,23)24/h5-6,9,13,16H,7-8,10-11H2,1-4H3/t13-,16-/m0/s1. The molecule has 1 heterocycles. The van der Waals surface area contributed by atoms with E-state index in [-0.39, 0.29) is 31.3 Å². The Morgan fingerprint density at radius 3 is 2.64 bits per heavy atom. The molecular formula is C18H25ClFNO6S. The molecule has 1 amide bonds. The third kappa shape index (κ3) is 6.88. The SMILES string of the molecule is CC(C)(C)OC(=O)N1CCO[C@@H](c2ccc(Cl)c(F)c2)[C@H](COS(C)(=O)=O)C1. The van der Waals surface area contributed by atoms with E-state index in [9.17, 15) is 17.6 Å². The Balaban J connectivity index is 2.27. The minimum atomic E-state index is -3.71. The summed E-state index contributed by atoms with van der Waals surface area (Å²) >= 11 is 5.75. The molecule has 0 radical (unpaired) electrons. The first-order valence-corrected chi connectivity index (χ1v) is 10.9. The van der Waals surface area contributed by atoms with Gasteiger partial charge in [0.25, 0.3) is 10.1 Å². The van der Waals surface area contributed by atoms with Gasteiger partial charge >= 0.3 is 6.09 Å². The highest BCUT2D eigenvalue weighted by atomic mass is 35.5. The van der Waals surface area contributed by atoms with Gasteiger partial charge in [-0.1, -0.05) is 17.7 Å². The van der Waals surface area contributed by atoms with Crippen molar-refractivity contribution in [3.05, 3.63) is 34.6 Å². The molecule has 0 aromatic heterocycles. The monoisotopic (exact) mass is 437 g/mol. The molecule has 0 spiro atoms. The predicted octanol–water partition coefficient (Wildman–Crippen LogP) is 3.38. The second-order valence-electron chi connectivity index (χ2n) is 7.64. The lowest BCUT2D eigenvalue weighted by Gasteiger charge is -2.29. The van der Waals surface area contributed by atoms with Gasteiger partial charge in [-0.3, -0.25) is 4.18 Å². The highest BCUT2D eigenvalue weighted by Gasteiger charge is 2.34. The van der Waals surface area contributed by atoms with Crippen molar-refractivity contribution in [1.82, 2.24) is 4.90 Å². The number of halogens is 2. The fraction of sp³-hybridized carbons (Fsp3) is 0.611. The number of carbonyl (C=O) groups is 1. The summed E-state index contributed by atoms with van der Waals surface area (Å²) in [6, 6.07) is 4.25. The van der Waals surface area contributed by atoms with Crippen LogP contribution in [0.15, 0.2) is 18.2 Å². The van der Waals surface area contributed by atoms with Crippen LogP contribution in [0.3, 0.4) is 0 Å². The minimum absolute atomic E-state index is 0.0308. The van der Waals surface area contributed by atoms with Crippen LogP contribution in [0.4, 0.5) is 9.18 Å². The van der Waals surface area contributed by atoms with Crippen LogP contribution in [-0.2, 0) is 23.8 Å². The van der Waals surface area contributed by atoms with Crippen molar-refractivity contribution in [3.8, 4) is 0 Å². The number of carbonyl (C=O) groups excluding carboxylic acids is 1. The molecule has 0 unspecified atom stereocenters.